The van der Waals surface area contributed by atoms with Crippen molar-refractivity contribution in [2.75, 3.05) is 0 Å². The number of aliphatic hydroxyl groups is 1. The van der Waals surface area contributed by atoms with Crippen molar-refractivity contribution in [1.82, 2.24) is 14.3 Å². The molecule has 5 rings (SSSR count). The van der Waals surface area contributed by atoms with Crippen LogP contribution in [0.15, 0.2) is 42.1 Å². The standard InChI is InChI=1S/C26H27F2N3O3/c1-13(2)20-7-15-6-17(16-10-29-31(11-16)25(27)28)24-18(9-26(4,5)34-24)23(15)21-8-22(33)19(14(3)32)12-30(20)21/h6,8,10-13,20,25,32H,3,7,9H2,1-2,4-5H3. The highest BCUT2D eigenvalue weighted by molar-refractivity contribution is 5.83. The first-order valence-electron chi connectivity index (χ1n) is 11.3. The van der Waals surface area contributed by atoms with Crippen LogP contribution in [-0.4, -0.2) is 25.1 Å². The molecule has 0 amide bonds. The molecule has 0 fully saturated rings. The van der Waals surface area contributed by atoms with Crippen LogP contribution < -0.4 is 10.2 Å². The van der Waals surface area contributed by atoms with Gasteiger partial charge < -0.3 is 14.4 Å². The van der Waals surface area contributed by atoms with E-state index in [1.807, 2.05) is 19.9 Å². The number of hydrogen-bond acceptors (Lipinski definition) is 4. The summed E-state index contributed by atoms with van der Waals surface area (Å²) in [5, 5.41) is 13.8. The summed E-state index contributed by atoms with van der Waals surface area (Å²) in [5.41, 5.74) is 4.37. The molecule has 0 spiro atoms. The lowest BCUT2D eigenvalue weighted by Gasteiger charge is -2.34. The third kappa shape index (κ3) is 3.43. The Labute approximate surface area is 196 Å². The summed E-state index contributed by atoms with van der Waals surface area (Å²) >= 11 is 0. The predicted molar refractivity (Wildman–Crippen MR) is 126 cm³/mol. The van der Waals surface area contributed by atoms with Gasteiger partial charge in [-0.2, -0.15) is 13.9 Å². The van der Waals surface area contributed by atoms with Gasteiger partial charge in [0.15, 0.2) is 5.43 Å². The second-order valence-corrected chi connectivity index (χ2v) is 10.1. The molecule has 0 bridgehead atoms. The van der Waals surface area contributed by atoms with E-state index < -0.39 is 12.2 Å². The molecular weight excluding hydrogens is 440 g/mol. The summed E-state index contributed by atoms with van der Waals surface area (Å²) in [6.07, 6.45) is 5.76. The first-order valence-corrected chi connectivity index (χ1v) is 11.3. The summed E-state index contributed by atoms with van der Waals surface area (Å²) in [6, 6.07) is 3.58. The van der Waals surface area contributed by atoms with E-state index in [1.165, 1.54) is 12.4 Å². The zero-order valence-electron chi connectivity index (χ0n) is 19.6. The van der Waals surface area contributed by atoms with Crippen LogP contribution in [0.5, 0.6) is 5.75 Å². The fourth-order valence-corrected chi connectivity index (χ4v) is 5.21. The van der Waals surface area contributed by atoms with Gasteiger partial charge in [-0.3, -0.25) is 4.79 Å². The van der Waals surface area contributed by atoms with Crippen LogP contribution in [0, 0.1) is 5.92 Å². The molecule has 178 valence electrons. The molecule has 0 aliphatic carbocycles. The van der Waals surface area contributed by atoms with Gasteiger partial charge in [0.2, 0.25) is 0 Å². The molecule has 0 saturated carbocycles. The molecular formula is C26H27F2N3O3. The summed E-state index contributed by atoms with van der Waals surface area (Å²) < 4.78 is 35.5. The summed E-state index contributed by atoms with van der Waals surface area (Å²) in [6.45, 7) is 9.01. The molecule has 2 aliphatic rings. The minimum Gasteiger partial charge on any atom is -0.508 e. The summed E-state index contributed by atoms with van der Waals surface area (Å²) in [5.74, 6) is 0.616. The van der Waals surface area contributed by atoms with Crippen LogP contribution in [-0.2, 0) is 12.8 Å². The zero-order valence-corrected chi connectivity index (χ0v) is 19.6. The Morgan fingerprint density at radius 2 is 2.03 bits per heavy atom. The quantitative estimate of drug-likeness (QED) is 0.495. The van der Waals surface area contributed by atoms with E-state index in [0.717, 1.165) is 27.9 Å². The number of nitrogens with zero attached hydrogens (tertiary/aromatic N) is 3. The van der Waals surface area contributed by atoms with E-state index in [9.17, 15) is 18.7 Å². The van der Waals surface area contributed by atoms with E-state index in [4.69, 9.17) is 4.74 Å². The third-order valence-corrected chi connectivity index (χ3v) is 6.76. The molecule has 2 aliphatic heterocycles. The van der Waals surface area contributed by atoms with Gasteiger partial charge in [0.05, 0.1) is 17.5 Å². The van der Waals surface area contributed by atoms with Gasteiger partial charge in [-0.25, -0.2) is 4.68 Å². The second-order valence-electron chi connectivity index (χ2n) is 10.1. The average Bonchev–Trinajstić information content (AvgIpc) is 3.35. The maximum absolute atomic E-state index is 13.2. The molecule has 34 heavy (non-hydrogen) atoms. The molecule has 1 unspecified atom stereocenters. The van der Waals surface area contributed by atoms with Gasteiger partial charge in [0, 0.05) is 53.2 Å². The van der Waals surface area contributed by atoms with Crippen LogP contribution in [0.2, 0.25) is 0 Å². The van der Waals surface area contributed by atoms with Gasteiger partial charge in [0.1, 0.15) is 17.1 Å². The number of pyridine rings is 1. The van der Waals surface area contributed by atoms with Crippen molar-refractivity contribution in [3.8, 4) is 28.1 Å². The first-order chi connectivity index (χ1) is 16.0. The molecule has 1 N–H and O–H groups in total. The largest absolute Gasteiger partial charge is 0.508 e. The minimum absolute atomic E-state index is 0.0335. The van der Waals surface area contributed by atoms with Gasteiger partial charge in [0.25, 0.3) is 0 Å². The van der Waals surface area contributed by atoms with Crippen molar-refractivity contribution in [1.29, 1.82) is 0 Å². The number of benzene rings is 1. The molecule has 1 atom stereocenters. The van der Waals surface area contributed by atoms with E-state index in [2.05, 4.69) is 30.1 Å². The van der Waals surface area contributed by atoms with Crippen LogP contribution in [0.25, 0.3) is 28.1 Å². The number of fused-ring (bicyclic) bond motifs is 5. The summed E-state index contributed by atoms with van der Waals surface area (Å²) in [4.78, 5) is 12.9. The van der Waals surface area contributed by atoms with Crippen LogP contribution in [0.3, 0.4) is 0 Å². The number of hydrogen-bond donors (Lipinski definition) is 1. The van der Waals surface area contributed by atoms with Crippen molar-refractivity contribution >= 4 is 5.76 Å². The lowest BCUT2D eigenvalue weighted by atomic mass is 9.81. The average molecular weight is 468 g/mol. The van der Waals surface area contributed by atoms with E-state index in [-0.39, 0.29) is 28.7 Å². The van der Waals surface area contributed by atoms with Gasteiger partial charge >= 0.3 is 6.55 Å². The van der Waals surface area contributed by atoms with Gasteiger partial charge in [-0.1, -0.05) is 20.4 Å². The van der Waals surface area contributed by atoms with Crippen molar-refractivity contribution < 1.29 is 18.6 Å². The summed E-state index contributed by atoms with van der Waals surface area (Å²) in [7, 11) is 0. The van der Waals surface area contributed by atoms with Crippen LogP contribution >= 0.6 is 0 Å². The fraction of sp³-hybridized carbons (Fsp3) is 0.385. The monoisotopic (exact) mass is 467 g/mol. The Morgan fingerprint density at radius 1 is 1.29 bits per heavy atom. The SMILES string of the molecule is C=C(O)c1cn2c(cc1=O)-c1c(cc(-c3cnn(C(F)F)c3)c3c1CC(C)(C)O3)CC2C(C)C. The third-order valence-electron chi connectivity index (χ3n) is 6.76. The molecule has 0 saturated heterocycles. The highest BCUT2D eigenvalue weighted by Crippen LogP contribution is 2.51. The number of aliphatic hydroxyl groups excluding tert-OH is 1. The fourth-order valence-electron chi connectivity index (χ4n) is 5.21. The number of rotatable bonds is 4. The topological polar surface area (TPSA) is 69.3 Å². The van der Waals surface area contributed by atoms with Crippen molar-refractivity contribution in [2.24, 2.45) is 5.92 Å². The molecule has 2 aromatic heterocycles. The van der Waals surface area contributed by atoms with Crippen molar-refractivity contribution in [3.05, 3.63) is 64.2 Å². The Morgan fingerprint density at radius 3 is 2.65 bits per heavy atom. The molecule has 8 heteroatoms. The maximum atomic E-state index is 13.2. The zero-order chi connectivity index (χ0) is 24.5. The normalized spacial score (nSPS) is 17.9. The van der Waals surface area contributed by atoms with E-state index >= 15 is 0 Å². The van der Waals surface area contributed by atoms with E-state index in [1.54, 1.807) is 12.3 Å². The highest BCUT2D eigenvalue weighted by atomic mass is 19.3. The molecule has 4 heterocycles. The van der Waals surface area contributed by atoms with Crippen molar-refractivity contribution in [2.45, 2.75) is 58.7 Å². The lowest BCUT2D eigenvalue weighted by molar-refractivity contribution is 0.0566. The Bertz CT molecular complexity index is 1380. The molecule has 0 radical (unpaired) electrons. The minimum atomic E-state index is -2.73. The second kappa shape index (κ2) is 7.55. The lowest BCUT2D eigenvalue weighted by Crippen LogP contribution is -2.28. The number of alkyl halides is 2. The van der Waals surface area contributed by atoms with Crippen molar-refractivity contribution in [3.63, 3.8) is 0 Å². The van der Waals surface area contributed by atoms with Crippen LogP contribution in [0.4, 0.5) is 8.78 Å². The number of halogens is 2. The van der Waals surface area contributed by atoms with E-state index in [0.29, 0.717) is 28.8 Å². The Kier molecular flexibility index (Phi) is 4.97. The molecule has 1 aromatic carbocycles. The molecule has 6 nitrogen and oxygen atoms in total. The Balaban J connectivity index is 1.80. The maximum Gasteiger partial charge on any atom is 0.333 e. The van der Waals surface area contributed by atoms with Crippen LogP contribution in [0.1, 0.15) is 57.0 Å². The first kappa shape index (κ1) is 22.4. The Hall–Kier alpha value is -3.42. The predicted octanol–water partition coefficient (Wildman–Crippen LogP) is 5.77. The highest BCUT2D eigenvalue weighted by Gasteiger charge is 2.39. The smallest absolute Gasteiger partial charge is 0.333 e. The number of aromatic nitrogens is 3. The number of ether oxygens (including phenoxy) is 1. The molecule has 3 aromatic rings. The van der Waals surface area contributed by atoms with Gasteiger partial charge in [-0.15, -0.1) is 0 Å². The van der Waals surface area contributed by atoms with Gasteiger partial charge in [-0.05, 0) is 37.8 Å².